The summed E-state index contributed by atoms with van der Waals surface area (Å²) >= 11 is 0. The molecule has 0 aromatic heterocycles. The maximum Gasteiger partial charge on any atom is 0.194 e. The lowest BCUT2D eigenvalue weighted by Gasteiger charge is -2.37. The summed E-state index contributed by atoms with van der Waals surface area (Å²) in [5.41, 5.74) is 0. The van der Waals surface area contributed by atoms with Crippen molar-refractivity contribution in [2.75, 3.05) is 46.0 Å². The number of ether oxygens (including phenoxy) is 3. The van der Waals surface area contributed by atoms with Crippen molar-refractivity contribution in [2.24, 2.45) is 4.99 Å². The molecule has 2 aliphatic heterocycles. The molecule has 1 N–H and O–H groups in total. The first-order valence-electron chi connectivity index (χ1n) is 11.7. The van der Waals surface area contributed by atoms with Gasteiger partial charge in [-0.3, -0.25) is 4.99 Å². The van der Waals surface area contributed by atoms with Gasteiger partial charge in [0.1, 0.15) is 6.10 Å². The van der Waals surface area contributed by atoms with E-state index in [1.165, 1.54) is 38.5 Å². The molecule has 162 valence electrons. The van der Waals surface area contributed by atoms with Crippen molar-refractivity contribution in [3.05, 3.63) is 0 Å². The highest BCUT2D eigenvalue weighted by Gasteiger charge is 2.32. The normalized spacial score (nSPS) is 27.3. The highest BCUT2D eigenvalue weighted by atomic mass is 16.5. The minimum atomic E-state index is 0.178. The summed E-state index contributed by atoms with van der Waals surface area (Å²) in [6.45, 7) is 8.26. The van der Waals surface area contributed by atoms with Crippen LogP contribution in [-0.2, 0) is 14.2 Å². The molecule has 3 aliphatic rings. The molecule has 0 aromatic carbocycles. The highest BCUT2D eigenvalue weighted by Crippen LogP contribution is 2.21. The van der Waals surface area contributed by atoms with Crippen molar-refractivity contribution in [2.45, 2.75) is 89.4 Å². The van der Waals surface area contributed by atoms with Crippen LogP contribution in [0.5, 0.6) is 0 Å². The molecule has 2 saturated heterocycles. The van der Waals surface area contributed by atoms with E-state index >= 15 is 0 Å². The number of guanidine groups is 1. The highest BCUT2D eigenvalue weighted by molar-refractivity contribution is 5.80. The molecule has 0 spiro atoms. The molecule has 3 rings (SSSR count). The van der Waals surface area contributed by atoms with E-state index in [4.69, 9.17) is 19.2 Å². The summed E-state index contributed by atoms with van der Waals surface area (Å²) in [4.78, 5) is 7.23. The monoisotopic (exact) mass is 395 g/mol. The van der Waals surface area contributed by atoms with Crippen molar-refractivity contribution in [3.63, 3.8) is 0 Å². The van der Waals surface area contributed by atoms with E-state index in [-0.39, 0.29) is 12.2 Å². The van der Waals surface area contributed by atoms with Gasteiger partial charge in [0.2, 0.25) is 0 Å². The average Bonchev–Trinajstić information content (AvgIpc) is 3.28. The molecule has 0 amide bonds. The van der Waals surface area contributed by atoms with Crippen LogP contribution in [0.4, 0.5) is 0 Å². The van der Waals surface area contributed by atoms with Gasteiger partial charge in [-0.15, -0.1) is 0 Å². The molecular formula is C22H41N3O3. The minimum absolute atomic E-state index is 0.178. The van der Waals surface area contributed by atoms with Gasteiger partial charge in [-0.05, 0) is 51.9 Å². The van der Waals surface area contributed by atoms with Gasteiger partial charge in [0.25, 0.3) is 0 Å². The van der Waals surface area contributed by atoms with E-state index < -0.39 is 0 Å². The summed E-state index contributed by atoms with van der Waals surface area (Å²) in [7, 11) is 0. The van der Waals surface area contributed by atoms with Crippen molar-refractivity contribution in [3.8, 4) is 0 Å². The third-order valence-electron chi connectivity index (χ3n) is 6.08. The Morgan fingerprint density at radius 3 is 2.64 bits per heavy atom. The number of nitrogens with zero attached hydrogens (tertiary/aromatic N) is 2. The van der Waals surface area contributed by atoms with Gasteiger partial charge < -0.3 is 24.4 Å². The number of hydrogen-bond donors (Lipinski definition) is 1. The molecule has 6 heteroatoms. The summed E-state index contributed by atoms with van der Waals surface area (Å²) in [6, 6.07) is 0. The maximum absolute atomic E-state index is 6.02. The Morgan fingerprint density at radius 1 is 1.00 bits per heavy atom. The van der Waals surface area contributed by atoms with Gasteiger partial charge in [0.15, 0.2) is 5.96 Å². The van der Waals surface area contributed by atoms with Gasteiger partial charge in [-0.1, -0.05) is 19.3 Å². The number of nitrogens with one attached hydrogen (secondary N) is 1. The Labute approximate surface area is 171 Å². The third-order valence-corrected chi connectivity index (χ3v) is 6.08. The van der Waals surface area contributed by atoms with Crippen LogP contribution in [0.15, 0.2) is 4.99 Å². The van der Waals surface area contributed by atoms with Crippen LogP contribution in [0, 0.1) is 0 Å². The molecule has 2 unspecified atom stereocenters. The Morgan fingerprint density at radius 2 is 1.86 bits per heavy atom. The van der Waals surface area contributed by atoms with Crippen LogP contribution in [0.25, 0.3) is 0 Å². The van der Waals surface area contributed by atoms with Crippen molar-refractivity contribution in [1.29, 1.82) is 0 Å². The Balaban J connectivity index is 1.33. The van der Waals surface area contributed by atoms with E-state index in [0.29, 0.717) is 6.10 Å². The molecule has 6 nitrogen and oxygen atoms in total. The van der Waals surface area contributed by atoms with Crippen LogP contribution in [0.1, 0.15) is 71.1 Å². The predicted octanol–water partition coefficient (Wildman–Crippen LogP) is 3.35. The van der Waals surface area contributed by atoms with Gasteiger partial charge in [-0.2, -0.15) is 0 Å². The molecule has 2 atom stereocenters. The molecule has 3 fully saturated rings. The average molecular weight is 396 g/mol. The molecule has 1 saturated carbocycles. The molecule has 0 radical (unpaired) electrons. The molecule has 1 aliphatic carbocycles. The maximum atomic E-state index is 6.02. The van der Waals surface area contributed by atoms with Crippen LogP contribution in [0.3, 0.4) is 0 Å². The smallest absolute Gasteiger partial charge is 0.194 e. The second-order valence-electron chi connectivity index (χ2n) is 8.33. The molecular weight excluding hydrogens is 354 g/mol. The number of hydrogen-bond acceptors (Lipinski definition) is 4. The fourth-order valence-electron chi connectivity index (χ4n) is 4.47. The predicted molar refractivity (Wildman–Crippen MR) is 113 cm³/mol. The Kier molecular flexibility index (Phi) is 9.88. The third kappa shape index (κ3) is 7.20. The van der Waals surface area contributed by atoms with Crippen molar-refractivity contribution >= 4 is 5.96 Å². The SMILES string of the molecule is CCNC(=NCCCCCOC1CCCCC1)N1CCOC(C2CCCO2)C1. The van der Waals surface area contributed by atoms with Crippen LogP contribution >= 0.6 is 0 Å². The summed E-state index contributed by atoms with van der Waals surface area (Å²) < 4.78 is 17.8. The number of unbranched alkanes of at least 4 members (excludes halogenated alkanes) is 2. The largest absolute Gasteiger partial charge is 0.378 e. The molecule has 0 bridgehead atoms. The van der Waals surface area contributed by atoms with E-state index in [2.05, 4.69) is 17.1 Å². The zero-order valence-corrected chi connectivity index (χ0v) is 17.9. The quantitative estimate of drug-likeness (QED) is 0.369. The van der Waals surface area contributed by atoms with Crippen molar-refractivity contribution < 1.29 is 14.2 Å². The van der Waals surface area contributed by atoms with Gasteiger partial charge in [0, 0.05) is 39.4 Å². The van der Waals surface area contributed by atoms with E-state index in [0.717, 1.165) is 77.6 Å². The number of morpholine rings is 1. The fraction of sp³-hybridized carbons (Fsp3) is 0.955. The standard InChI is InChI=1S/C22H41N3O3/c1-2-23-22(25-14-17-28-21(18-25)20-12-9-16-27-20)24-13-7-4-8-15-26-19-10-5-3-6-11-19/h19-21H,2-18H2,1H3,(H,23,24). The Hall–Kier alpha value is -0.850. The first kappa shape index (κ1) is 21.8. The van der Waals surface area contributed by atoms with E-state index in [1.54, 1.807) is 0 Å². The molecule has 0 aromatic rings. The lowest BCUT2D eigenvalue weighted by Crippen LogP contribution is -2.53. The first-order valence-corrected chi connectivity index (χ1v) is 11.7. The zero-order chi connectivity index (χ0) is 19.4. The van der Waals surface area contributed by atoms with Crippen molar-refractivity contribution in [1.82, 2.24) is 10.2 Å². The number of aliphatic imine (C=N–C) groups is 1. The zero-order valence-electron chi connectivity index (χ0n) is 17.9. The molecule has 28 heavy (non-hydrogen) atoms. The van der Waals surface area contributed by atoms with Gasteiger partial charge >= 0.3 is 0 Å². The molecule has 2 heterocycles. The van der Waals surface area contributed by atoms with Crippen LogP contribution in [0.2, 0.25) is 0 Å². The second kappa shape index (κ2) is 12.7. The van der Waals surface area contributed by atoms with Gasteiger partial charge in [-0.25, -0.2) is 0 Å². The summed E-state index contributed by atoms with van der Waals surface area (Å²) in [5, 5.41) is 3.46. The van der Waals surface area contributed by atoms with E-state index in [1.807, 2.05) is 0 Å². The van der Waals surface area contributed by atoms with Gasteiger partial charge in [0.05, 0.1) is 18.8 Å². The Bertz CT molecular complexity index is 448. The first-order chi connectivity index (χ1) is 13.9. The van der Waals surface area contributed by atoms with Crippen LogP contribution in [-0.4, -0.2) is 75.2 Å². The summed E-state index contributed by atoms with van der Waals surface area (Å²) in [5.74, 6) is 1.03. The van der Waals surface area contributed by atoms with Crippen LogP contribution < -0.4 is 5.32 Å². The lowest BCUT2D eigenvalue weighted by molar-refractivity contribution is -0.0817. The lowest BCUT2D eigenvalue weighted by atomic mass is 9.98. The topological polar surface area (TPSA) is 55.3 Å². The fourth-order valence-corrected chi connectivity index (χ4v) is 4.47. The van der Waals surface area contributed by atoms with E-state index in [9.17, 15) is 0 Å². The number of rotatable bonds is 9. The minimum Gasteiger partial charge on any atom is -0.378 e. The second-order valence-corrected chi connectivity index (χ2v) is 8.33. The summed E-state index contributed by atoms with van der Waals surface area (Å²) in [6.07, 6.45) is 13.3.